The Labute approximate surface area is 148 Å². The van der Waals surface area contributed by atoms with Crippen LogP contribution in [-0.2, 0) is 20.6 Å². The third-order valence-electron chi connectivity index (χ3n) is 3.91. The van der Waals surface area contributed by atoms with Crippen molar-refractivity contribution in [3.63, 3.8) is 0 Å². The highest BCUT2D eigenvalue weighted by Crippen LogP contribution is 2.16. The van der Waals surface area contributed by atoms with Crippen molar-refractivity contribution in [1.29, 1.82) is 0 Å². The predicted molar refractivity (Wildman–Crippen MR) is 99.7 cm³/mol. The molecule has 134 valence electrons. The number of fused-ring (bicyclic) bond motifs is 1. The molecule has 1 aromatic carbocycles. The van der Waals surface area contributed by atoms with Crippen LogP contribution in [0.3, 0.4) is 0 Å². The molecule has 3 aromatic rings. The van der Waals surface area contributed by atoms with Gasteiger partial charge in [0, 0.05) is 20.6 Å². The highest BCUT2D eigenvalue weighted by molar-refractivity contribution is 5.81. The molecule has 0 unspecified atom stereocenters. The van der Waals surface area contributed by atoms with E-state index in [9.17, 15) is 14.7 Å². The number of rotatable bonds is 5. The fourth-order valence-electron chi connectivity index (χ4n) is 2.61. The lowest BCUT2D eigenvalue weighted by atomic mass is 10.2. The number of hydrazone groups is 1. The number of aromatic hydroxyl groups is 1. The normalized spacial score (nSPS) is 11.3. The number of phenolic OH excluding ortho intramolecular Hbond substituents is 1. The lowest BCUT2D eigenvalue weighted by Gasteiger charge is -2.06. The molecule has 2 heterocycles. The van der Waals surface area contributed by atoms with Gasteiger partial charge in [-0.2, -0.15) is 10.1 Å². The average Bonchev–Trinajstić information content (AvgIpc) is 2.97. The molecule has 26 heavy (non-hydrogen) atoms. The number of hydrogen-bond acceptors (Lipinski definition) is 6. The number of benzene rings is 1. The Hall–Kier alpha value is -3.62. The molecule has 0 amide bonds. The van der Waals surface area contributed by atoms with Crippen LogP contribution in [0.15, 0.2) is 51.6 Å². The standard InChI is InChI=1S/C17H18N6O3/c1-4-8-23-13-14(21(2)17(26)22(3)15(13)25)19-16(23)20-18-10-11-6-5-7-12(24)9-11/h4-7,9-10,24H,1,8H2,2-3H3,(H,19,20)/b18-10-. The number of hydrogen-bond donors (Lipinski definition) is 2. The summed E-state index contributed by atoms with van der Waals surface area (Å²) in [5.74, 6) is 0.431. The smallest absolute Gasteiger partial charge is 0.332 e. The first kappa shape index (κ1) is 17.2. The van der Waals surface area contributed by atoms with E-state index in [2.05, 4.69) is 22.1 Å². The molecule has 2 N–H and O–H groups in total. The lowest BCUT2D eigenvalue weighted by Crippen LogP contribution is -2.37. The summed E-state index contributed by atoms with van der Waals surface area (Å²) < 4.78 is 3.94. The monoisotopic (exact) mass is 354 g/mol. The highest BCUT2D eigenvalue weighted by Gasteiger charge is 2.18. The first-order valence-corrected chi connectivity index (χ1v) is 7.79. The van der Waals surface area contributed by atoms with Crippen molar-refractivity contribution in [2.45, 2.75) is 6.54 Å². The minimum atomic E-state index is -0.458. The molecule has 2 aromatic heterocycles. The van der Waals surface area contributed by atoms with Gasteiger partial charge in [-0.25, -0.2) is 10.2 Å². The second kappa shape index (κ2) is 6.71. The summed E-state index contributed by atoms with van der Waals surface area (Å²) in [5, 5.41) is 13.6. The van der Waals surface area contributed by atoms with Crippen molar-refractivity contribution in [3.8, 4) is 5.75 Å². The van der Waals surface area contributed by atoms with Crippen LogP contribution < -0.4 is 16.7 Å². The zero-order valence-corrected chi connectivity index (χ0v) is 14.4. The van der Waals surface area contributed by atoms with Crippen LogP contribution in [0, 0.1) is 0 Å². The number of nitrogens with one attached hydrogen (secondary N) is 1. The average molecular weight is 354 g/mol. The number of phenols is 1. The van der Waals surface area contributed by atoms with E-state index in [0.717, 1.165) is 4.57 Å². The van der Waals surface area contributed by atoms with E-state index < -0.39 is 11.2 Å². The summed E-state index contributed by atoms with van der Waals surface area (Å²) in [7, 11) is 2.97. The molecule has 0 spiro atoms. The van der Waals surface area contributed by atoms with E-state index in [1.165, 1.54) is 17.8 Å². The largest absolute Gasteiger partial charge is 0.508 e. The molecule has 3 rings (SSSR count). The first-order valence-electron chi connectivity index (χ1n) is 7.79. The fourth-order valence-corrected chi connectivity index (χ4v) is 2.61. The van der Waals surface area contributed by atoms with Gasteiger partial charge in [-0.15, -0.1) is 6.58 Å². The fraction of sp³-hybridized carbons (Fsp3) is 0.176. The number of aryl methyl sites for hydroxylation is 1. The van der Waals surface area contributed by atoms with Crippen LogP contribution in [0.5, 0.6) is 5.75 Å². The third-order valence-corrected chi connectivity index (χ3v) is 3.91. The SMILES string of the molecule is C=CCn1c(N/N=C\c2cccc(O)c2)nc2c1c(=O)n(C)c(=O)n2C. The molecule has 0 radical (unpaired) electrons. The lowest BCUT2D eigenvalue weighted by molar-refractivity contribution is 0.475. The number of allylic oxidation sites excluding steroid dienone is 1. The molecule has 0 fully saturated rings. The third kappa shape index (κ3) is 2.90. The quantitative estimate of drug-likeness (QED) is 0.400. The van der Waals surface area contributed by atoms with Crippen LogP contribution in [0.2, 0.25) is 0 Å². The van der Waals surface area contributed by atoms with Crippen molar-refractivity contribution in [2.75, 3.05) is 5.43 Å². The Morgan fingerprint density at radius 3 is 2.77 bits per heavy atom. The van der Waals surface area contributed by atoms with Gasteiger partial charge in [0.1, 0.15) is 5.75 Å². The van der Waals surface area contributed by atoms with E-state index in [-0.39, 0.29) is 16.9 Å². The van der Waals surface area contributed by atoms with Gasteiger partial charge in [-0.05, 0) is 17.7 Å². The molecule has 0 aliphatic carbocycles. The van der Waals surface area contributed by atoms with Gasteiger partial charge in [-0.1, -0.05) is 18.2 Å². The highest BCUT2D eigenvalue weighted by atomic mass is 16.3. The molecule has 0 saturated heterocycles. The van der Waals surface area contributed by atoms with Crippen LogP contribution in [0.1, 0.15) is 5.56 Å². The van der Waals surface area contributed by atoms with E-state index in [0.29, 0.717) is 18.1 Å². The summed E-state index contributed by atoms with van der Waals surface area (Å²) in [6.07, 6.45) is 3.13. The minimum absolute atomic E-state index is 0.131. The Morgan fingerprint density at radius 1 is 1.31 bits per heavy atom. The van der Waals surface area contributed by atoms with Crippen molar-refractivity contribution in [3.05, 3.63) is 63.3 Å². The summed E-state index contributed by atoms with van der Waals surface area (Å²) >= 11 is 0. The zero-order chi connectivity index (χ0) is 18.8. The maximum Gasteiger partial charge on any atom is 0.332 e. The molecule has 0 bridgehead atoms. The Kier molecular flexibility index (Phi) is 4.44. The first-order chi connectivity index (χ1) is 12.4. The molecule has 9 nitrogen and oxygen atoms in total. The Bertz CT molecular complexity index is 1140. The second-order valence-electron chi connectivity index (χ2n) is 5.68. The maximum absolute atomic E-state index is 12.5. The van der Waals surface area contributed by atoms with Gasteiger partial charge in [-0.3, -0.25) is 18.5 Å². The van der Waals surface area contributed by atoms with Crippen molar-refractivity contribution in [1.82, 2.24) is 18.7 Å². The summed E-state index contributed by atoms with van der Waals surface area (Å²) in [5.41, 5.74) is 3.11. The maximum atomic E-state index is 12.5. The predicted octanol–water partition coefficient (Wildman–Crippen LogP) is 0.771. The molecule has 0 saturated carbocycles. The second-order valence-corrected chi connectivity index (χ2v) is 5.68. The van der Waals surface area contributed by atoms with Crippen LogP contribution in [0.25, 0.3) is 11.2 Å². The van der Waals surface area contributed by atoms with Crippen molar-refractivity contribution < 1.29 is 5.11 Å². The van der Waals surface area contributed by atoms with Gasteiger partial charge in [0.15, 0.2) is 11.2 Å². The van der Waals surface area contributed by atoms with Crippen LogP contribution in [-0.4, -0.2) is 30.0 Å². The van der Waals surface area contributed by atoms with Crippen molar-refractivity contribution >= 4 is 23.3 Å². The Morgan fingerprint density at radius 2 is 2.08 bits per heavy atom. The van der Waals surface area contributed by atoms with Gasteiger partial charge in [0.2, 0.25) is 5.95 Å². The van der Waals surface area contributed by atoms with E-state index >= 15 is 0 Å². The molecule has 0 aliphatic heterocycles. The Balaban J connectivity index is 2.08. The van der Waals surface area contributed by atoms with Gasteiger partial charge >= 0.3 is 5.69 Å². The molecular formula is C17H18N6O3. The molecule has 0 aliphatic rings. The molecule has 9 heteroatoms. The van der Waals surface area contributed by atoms with E-state index in [4.69, 9.17) is 0 Å². The number of anilines is 1. The molecule has 0 atom stereocenters. The van der Waals surface area contributed by atoms with Gasteiger partial charge < -0.3 is 5.11 Å². The van der Waals surface area contributed by atoms with Gasteiger partial charge in [0.05, 0.1) is 6.21 Å². The topological polar surface area (TPSA) is 106 Å². The van der Waals surface area contributed by atoms with Crippen LogP contribution >= 0.6 is 0 Å². The molecular weight excluding hydrogens is 336 g/mol. The summed E-state index contributed by atoms with van der Waals surface area (Å²) in [6.45, 7) is 4.01. The number of nitrogens with zero attached hydrogens (tertiary/aromatic N) is 5. The number of aromatic nitrogens is 4. The number of imidazole rings is 1. The van der Waals surface area contributed by atoms with E-state index in [1.807, 2.05) is 0 Å². The van der Waals surface area contributed by atoms with E-state index in [1.54, 1.807) is 42.0 Å². The summed E-state index contributed by atoms with van der Waals surface area (Å²) in [6, 6.07) is 6.59. The van der Waals surface area contributed by atoms with Crippen molar-refractivity contribution in [2.24, 2.45) is 19.2 Å². The van der Waals surface area contributed by atoms with Gasteiger partial charge in [0.25, 0.3) is 5.56 Å². The van der Waals surface area contributed by atoms with Crippen LogP contribution in [0.4, 0.5) is 5.95 Å². The minimum Gasteiger partial charge on any atom is -0.508 e. The summed E-state index contributed by atoms with van der Waals surface area (Å²) in [4.78, 5) is 28.9. The zero-order valence-electron chi connectivity index (χ0n) is 14.4.